The number of halogens is 1. The van der Waals surface area contributed by atoms with E-state index < -0.39 is 11.4 Å². The molecule has 2 aliphatic carbocycles. The SMILES string of the molecule is CCOC(=O)c1cn(-c2cccc(C#Cc3ccc[n+](O)c3)c2)c2ncccc2c1=O.CI.NC1CC1.O=C(NC1CC1)c1cn(-c2cccc(C#Cc3ccc[n+](O)c3)c2)c2ncccc2c1=O. The Morgan fingerprint density at radius 1 is 0.696 bits per heavy atom. The first-order valence-corrected chi connectivity index (χ1v) is 24.0. The van der Waals surface area contributed by atoms with Crippen LogP contribution >= 0.6 is 22.6 Å². The molecule has 0 unspecified atom stereocenters. The number of hydrogen-bond acceptors (Lipinski definition) is 10. The third-order valence-corrected chi connectivity index (χ3v) is 10.3. The van der Waals surface area contributed by atoms with Gasteiger partial charge in [-0.25, -0.2) is 14.8 Å². The van der Waals surface area contributed by atoms with Gasteiger partial charge in [-0.2, -0.15) is 0 Å². The molecule has 15 nitrogen and oxygen atoms in total. The predicted octanol–water partition coefficient (Wildman–Crippen LogP) is 5.85. The van der Waals surface area contributed by atoms with E-state index in [1.54, 1.807) is 83.2 Å². The standard InChI is InChI=1S/C25H18N4O3.C24H18N3O4.C3H7N.CH3I/c30-23-21-7-2-12-26-24(21)29(16-22(23)25(31)27-19-10-11-19)20-6-1-4-17(14-20)8-9-18-5-3-13-28(32)15-18;1-2-31-24(29)21-16-27(23-20(22(21)28)9-4-12-25-23)19-8-3-6-17(14-19)10-11-18-7-5-13-26(30)15-18;4-3-1-2-3;1-2/h1-7,12-16,19H,10-11H2,(H-,27,31,32);3-9,12-16,30H,2H2,1H3;3H,1-2,4H2;1H3/q;+1;;/p+1. The molecule has 2 aromatic carbocycles. The summed E-state index contributed by atoms with van der Waals surface area (Å²) in [6, 6.07) is 29.1. The summed E-state index contributed by atoms with van der Waals surface area (Å²) in [6.07, 6.45) is 16.6. The van der Waals surface area contributed by atoms with E-state index >= 15 is 0 Å². The number of carbonyl (C=O) groups excluding carboxylic acids is 2. The molecule has 69 heavy (non-hydrogen) atoms. The average Bonchev–Trinajstić information content (AvgIpc) is 4.33. The largest absolute Gasteiger partial charge is 0.462 e. The highest BCUT2D eigenvalue weighted by Crippen LogP contribution is 2.22. The highest BCUT2D eigenvalue weighted by Gasteiger charge is 2.26. The van der Waals surface area contributed by atoms with Gasteiger partial charge in [-0.3, -0.25) is 24.8 Å². The van der Waals surface area contributed by atoms with Crippen molar-refractivity contribution in [1.82, 2.24) is 24.4 Å². The number of amides is 1. The number of fused-ring (bicyclic) bond motifs is 2. The molecular formula is C53H47IN8O7+2. The molecule has 2 fully saturated rings. The van der Waals surface area contributed by atoms with Gasteiger partial charge in [0.2, 0.25) is 35.6 Å². The van der Waals surface area contributed by atoms with Crippen LogP contribution in [0.15, 0.2) is 156 Å². The maximum atomic E-state index is 13.0. The molecule has 6 heterocycles. The number of ether oxygens (including phenoxy) is 1. The Morgan fingerprint density at radius 2 is 1.14 bits per heavy atom. The highest BCUT2D eigenvalue weighted by molar-refractivity contribution is 14.1. The lowest BCUT2D eigenvalue weighted by Crippen LogP contribution is -2.31. The number of alkyl halides is 1. The molecule has 0 aliphatic heterocycles. The molecule has 2 saturated carbocycles. The van der Waals surface area contributed by atoms with Gasteiger partial charge >= 0.3 is 5.97 Å². The zero-order chi connectivity index (χ0) is 48.9. The van der Waals surface area contributed by atoms with E-state index in [0.29, 0.717) is 50.5 Å². The number of aromatic nitrogens is 6. The second-order valence-electron chi connectivity index (χ2n) is 15.6. The summed E-state index contributed by atoms with van der Waals surface area (Å²) in [7, 11) is 0. The summed E-state index contributed by atoms with van der Waals surface area (Å²) >= 11 is 2.15. The van der Waals surface area contributed by atoms with Crippen molar-refractivity contribution >= 4 is 56.5 Å². The molecule has 0 spiro atoms. The van der Waals surface area contributed by atoms with Crippen LogP contribution in [0.4, 0.5) is 0 Å². The third-order valence-electron chi connectivity index (χ3n) is 10.3. The van der Waals surface area contributed by atoms with Crippen LogP contribution in [0.1, 0.15) is 75.6 Å². The minimum Gasteiger partial charge on any atom is -0.462 e. The van der Waals surface area contributed by atoms with Crippen LogP contribution in [0.25, 0.3) is 33.4 Å². The maximum Gasteiger partial charge on any atom is 0.343 e. The first-order valence-electron chi connectivity index (χ1n) is 21.8. The van der Waals surface area contributed by atoms with E-state index in [1.165, 1.54) is 43.8 Å². The smallest absolute Gasteiger partial charge is 0.343 e. The predicted molar refractivity (Wildman–Crippen MR) is 268 cm³/mol. The molecule has 5 N–H and O–H groups in total. The number of hydrogen-bond donors (Lipinski definition) is 4. The van der Waals surface area contributed by atoms with Crippen molar-refractivity contribution in [1.29, 1.82) is 0 Å². The van der Waals surface area contributed by atoms with Gasteiger partial charge < -0.3 is 24.9 Å². The van der Waals surface area contributed by atoms with Crippen molar-refractivity contribution in [2.45, 2.75) is 44.7 Å². The second kappa shape index (κ2) is 23.0. The van der Waals surface area contributed by atoms with E-state index in [0.717, 1.165) is 33.6 Å². The lowest BCUT2D eigenvalue weighted by atomic mass is 10.1. The fourth-order valence-corrected chi connectivity index (χ4v) is 6.65. The minimum absolute atomic E-state index is 0.0596. The summed E-state index contributed by atoms with van der Waals surface area (Å²) in [5.74, 6) is 11.1. The molecule has 16 heteroatoms. The Labute approximate surface area is 410 Å². The summed E-state index contributed by atoms with van der Waals surface area (Å²) in [5, 5.41) is 22.6. The molecule has 0 atom stereocenters. The summed E-state index contributed by atoms with van der Waals surface area (Å²) in [4.78, 5) is 61.5. The van der Waals surface area contributed by atoms with Gasteiger partial charge in [0.15, 0.2) is 0 Å². The normalized spacial score (nSPS) is 12.2. The van der Waals surface area contributed by atoms with Crippen LogP contribution in [0.3, 0.4) is 0 Å². The Hall–Kier alpha value is -8.19. The van der Waals surface area contributed by atoms with Gasteiger partial charge in [-0.1, -0.05) is 58.4 Å². The molecule has 0 saturated heterocycles. The Balaban J connectivity index is 0.000000182. The van der Waals surface area contributed by atoms with Crippen molar-refractivity contribution < 1.29 is 34.2 Å². The number of benzene rings is 2. The van der Waals surface area contributed by atoms with E-state index in [1.807, 2.05) is 53.5 Å². The topological polar surface area (TPSA) is 199 Å². The van der Waals surface area contributed by atoms with Gasteiger partial charge in [-0.15, -0.1) is 0 Å². The number of nitrogens with zero attached hydrogens (tertiary/aromatic N) is 6. The molecule has 10 rings (SSSR count). The third kappa shape index (κ3) is 12.8. The van der Waals surface area contributed by atoms with E-state index in [9.17, 15) is 29.6 Å². The first-order chi connectivity index (χ1) is 33.5. The highest BCUT2D eigenvalue weighted by atomic mass is 127. The van der Waals surface area contributed by atoms with Gasteiger partial charge in [0.25, 0.3) is 5.91 Å². The summed E-state index contributed by atoms with van der Waals surface area (Å²) < 4.78 is 10.4. The lowest BCUT2D eigenvalue weighted by Gasteiger charge is -2.13. The van der Waals surface area contributed by atoms with E-state index in [-0.39, 0.29) is 35.1 Å². The van der Waals surface area contributed by atoms with E-state index in [4.69, 9.17) is 10.5 Å². The Kier molecular flexibility index (Phi) is 16.3. The molecule has 6 aromatic heterocycles. The fourth-order valence-electron chi connectivity index (χ4n) is 6.65. The van der Waals surface area contributed by atoms with Crippen molar-refractivity contribution in [3.63, 3.8) is 0 Å². The Bertz CT molecular complexity index is 3440. The number of esters is 1. The number of pyridine rings is 6. The molecule has 0 bridgehead atoms. The Morgan fingerprint density at radius 3 is 1.59 bits per heavy atom. The van der Waals surface area contributed by atoms with Crippen molar-refractivity contribution in [2.75, 3.05) is 11.5 Å². The van der Waals surface area contributed by atoms with Crippen LogP contribution in [0.5, 0.6) is 0 Å². The minimum atomic E-state index is -0.677. The van der Waals surface area contributed by atoms with Gasteiger partial charge in [0, 0.05) is 81.0 Å². The molecule has 346 valence electrons. The van der Waals surface area contributed by atoms with Gasteiger partial charge in [0.1, 0.15) is 22.4 Å². The van der Waals surface area contributed by atoms with Crippen LogP contribution in [0, 0.1) is 23.7 Å². The zero-order valence-corrected chi connectivity index (χ0v) is 39.8. The molecule has 0 radical (unpaired) electrons. The van der Waals surface area contributed by atoms with Gasteiger partial charge in [0.05, 0.1) is 28.5 Å². The molecular weight excluding hydrogens is 988 g/mol. The summed E-state index contributed by atoms with van der Waals surface area (Å²) in [6.45, 7) is 1.86. The quantitative estimate of drug-likeness (QED) is 0.0392. The maximum absolute atomic E-state index is 13.0. The second-order valence-corrected chi connectivity index (χ2v) is 15.6. The van der Waals surface area contributed by atoms with Crippen molar-refractivity contribution in [3.05, 3.63) is 200 Å². The van der Waals surface area contributed by atoms with Crippen LogP contribution in [0.2, 0.25) is 0 Å². The van der Waals surface area contributed by atoms with Crippen LogP contribution in [-0.4, -0.2) is 65.0 Å². The molecule has 8 aromatic rings. The molecule has 2 aliphatic rings. The van der Waals surface area contributed by atoms with E-state index in [2.05, 4.69) is 61.6 Å². The summed E-state index contributed by atoms with van der Waals surface area (Å²) in [5.41, 5.74) is 9.57. The number of carbonyl (C=O) groups is 2. The lowest BCUT2D eigenvalue weighted by molar-refractivity contribution is -0.904. The average molecular weight is 1030 g/mol. The number of nitrogens with one attached hydrogen (secondary N) is 1. The number of rotatable bonds is 6. The first kappa shape index (κ1) is 48.7. The molecule has 1 amide bonds. The van der Waals surface area contributed by atoms with Crippen LogP contribution < -0.4 is 31.4 Å². The zero-order valence-electron chi connectivity index (χ0n) is 37.6. The monoisotopic (exact) mass is 1030 g/mol. The van der Waals surface area contributed by atoms with Crippen molar-refractivity contribution in [3.8, 4) is 35.1 Å². The van der Waals surface area contributed by atoms with Gasteiger partial charge in [-0.05, 0) is 110 Å². The number of nitrogens with two attached hydrogens (primary N) is 1. The van der Waals surface area contributed by atoms with Crippen molar-refractivity contribution in [2.24, 2.45) is 5.73 Å². The van der Waals surface area contributed by atoms with Crippen LogP contribution in [-0.2, 0) is 4.74 Å². The fraction of sp³-hybridized carbons (Fsp3) is 0.170.